The Morgan fingerprint density at radius 2 is 1.30 bits per heavy atom. The molecular formula is C21H20O2. The Hall–Kier alpha value is -2.09. The van der Waals surface area contributed by atoms with E-state index in [2.05, 4.69) is 60.7 Å². The minimum Gasteiger partial charge on any atom is -0.461 e. The standard InChI is InChI=1S/C21H20O2/c22-21-15-11-16-17(12-15)20(23-21)19(14-9-5-2-6-10-14)18(16)13-7-3-1-4-8-13/h1-10,15-20H,11-12H2/t15-,16?,17-,18-,19-,20?/m1/s1. The number of fused-ring (bicyclic) bond motifs is 1. The monoisotopic (exact) mass is 304 g/mol. The van der Waals surface area contributed by atoms with Crippen molar-refractivity contribution in [2.75, 3.05) is 0 Å². The molecule has 2 aromatic carbocycles. The van der Waals surface area contributed by atoms with E-state index in [-0.39, 0.29) is 18.0 Å². The van der Waals surface area contributed by atoms with Gasteiger partial charge in [-0.15, -0.1) is 0 Å². The van der Waals surface area contributed by atoms with Crippen LogP contribution in [0.3, 0.4) is 0 Å². The molecule has 1 heterocycles. The van der Waals surface area contributed by atoms with Crippen LogP contribution in [0, 0.1) is 17.8 Å². The van der Waals surface area contributed by atoms with Crippen LogP contribution >= 0.6 is 0 Å². The number of hydrogen-bond donors (Lipinski definition) is 0. The van der Waals surface area contributed by atoms with Crippen LogP contribution in [-0.2, 0) is 9.53 Å². The minimum absolute atomic E-state index is 0.0428. The number of esters is 1. The number of hydrogen-bond acceptors (Lipinski definition) is 2. The summed E-state index contributed by atoms with van der Waals surface area (Å²) in [6.45, 7) is 0. The van der Waals surface area contributed by atoms with Crippen molar-refractivity contribution in [2.24, 2.45) is 17.8 Å². The molecule has 23 heavy (non-hydrogen) atoms. The van der Waals surface area contributed by atoms with E-state index >= 15 is 0 Å². The molecule has 5 rings (SSSR count). The predicted molar refractivity (Wildman–Crippen MR) is 88.0 cm³/mol. The van der Waals surface area contributed by atoms with Crippen molar-refractivity contribution in [2.45, 2.75) is 30.8 Å². The van der Waals surface area contributed by atoms with E-state index in [4.69, 9.17) is 4.74 Å². The number of carbonyl (C=O) groups is 1. The van der Waals surface area contributed by atoms with E-state index in [0.29, 0.717) is 23.7 Å². The summed E-state index contributed by atoms with van der Waals surface area (Å²) in [6, 6.07) is 21.5. The lowest BCUT2D eigenvalue weighted by molar-refractivity contribution is -0.161. The smallest absolute Gasteiger partial charge is 0.309 e. The molecule has 6 atom stereocenters. The third kappa shape index (κ3) is 1.90. The quantitative estimate of drug-likeness (QED) is 0.780. The Morgan fingerprint density at radius 1 is 0.739 bits per heavy atom. The molecule has 2 aromatic rings. The molecule has 0 amide bonds. The fourth-order valence-corrected chi connectivity index (χ4v) is 5.42. The van der Waals surface area contributed by atoms with Crippen LogP contribution in [0.2, 0.25) is 0 Å². The highest BCUT2D eigenvalue weighted by Gasteiger charge is 2.61. The molecule has 3 aliphatic rings. The molecule has 3 fully saturated rings. The van der Waals surface area contributed by atoms with Crippen molar-refractivity contribution in [1.82, 2.24) is 0 Å². The summed E-state index contributed by atoms with van der Waals surface area (Å²) < 4.78 is 5.94. The lowest BCUT2D eigenvalue weighted by Gasteiger charge is -2.33. The largest absolute Gasteiger partial charge is 0.461 e. The highest BCUT2D eigenvalue weighted by Crippen LogP contribution is 2.63. The second-order valence-corrected chi connectivity index (χ2v) is 7.27. The molecule has 0 spiro atoms. The molecule has 116 valence electrons. The van der Waals surface area contributed by atoms with E-state index < -0.39 is 0 Å². The van der Waals surface area contributed by atoms with Gasteiger partial charge in [0.15, 0.2) is 0 Å². The van der Waals surface area contributed by atoms with Crippen molar-refractivity contribution in [1.29, 1.82) is 0 Å². The predicted octanol–water partition coefficient (Wildman–Crippen LogP) is 4.14. The third-order valence-corrected chi connectivity index (χ3v) is 6.24. The Labute approximate surface area is 136 Å². The number of rotatable bonds is 2. The minimum atomic E-state index is 0.0428. The maximum atomic E-state index is 12.2. The highest BCUT2D eigenvalue weighted by molar-refractivity contribution is 5.75. The van der Waals surface area contributed by atoms with Gasteiger partial charge in [0.1, 0.15) is 6.10 Å². The Morgan fingerprint density at radius 3 is 1.96 bits per heavy atom. The van der Waals surface area contributed by atoms with E-state index in [0.717, 1.165) is 12.8 Å². The van der Waals surface area contributed by atoms with Gasteiger partial charge >= 0.3 is 5.97 Å². The van der Waals surface area contributed by atoms with Crippen LogP contribution in [0.25, 0.3) is 0 Å². The molecule has 2 saturated carbocycles. The molecule has 1 saturated heterocycles. The van der Waals surface area contributed by atoms with Gasteiger partial charge in [-0.3, -0.25) is 4.79 Å². The zero-order valence-corrected chi connectivity index (χ0v) is 13.0. The summed E-state index contributed by atoms with van der Waals surface area (Å²) in [4.78, 5) is 12.2. The van der Waals surface area contributed by atoms with Crippen molar-refractivity contribution < 1.29 is 9.53 Å². The summed E-state index contributed by atoms with van der Waals surface area (Å²) >= 11 is 0. The van der Waals surface area contributed by atoms with Crippen LogP contribution in [0.4, 0.5) is 0 Å². The Kier molecular flexibility index (Phi) is 2.88. The van der Waals surface area contributed by atoms with Crippen molar-refractivity contribution >= 4 is 5.97 Å². The van der Waals surface area contributed by atoms with Gasteiger partial charge in [0.05, 0.1) is 5.92 Å². The third-order valence-electron chi connectivity index (χ3n) is 6.24. The first-order valence-corrected chi connectivity index (χ1v) is 8.63. The maximum Gasteiger partial charge on any atom is 0.309 e. The van der Waals surface area contributed by atoms with Crippen LogP contribution in [0.1, 0.15) is 35.8 Å². The van der Waals surface area contributed by atoms with E-state index in [1.54, 1.807) is 0 Å². The molecule has 1 aliphatic heterocycles. The topological polar surface area (TPSA) is 26.3 Å². The van der Waals surface area contributed by atoms with E-state index in [1.807, 2.05) is 0 Å². The van der Waals surface area contributed by atoms with Gasteiger partial charge < -0.3 is 4.74 Å². The fraction of sp³-hybridized carbons (Fsp3) is 0.381. The van der Waals surface area contributed by atoms with Crippen LogP contribution in [0.5, 0.6) is 0 Å². The molecule has 0 radical (unpaired) electrons. The Balaban J connectivity index is 1.64. The summed E-state index contributed by atoms with van der Waals surface area (Å²) in [5.41, 5.74) is 2.71. The van der Waals surface area contributed by atoms with Crippen molar-refractivity contribution in [3.8, 4) is 0 Å². The molecule has 0 N–H and O–H groups in total. The van der Waals surface area contributed by atoms with E-state index in [1.165, 1.54) is 11.1 Å². The van der Waals surface area contributed by atoms with Crippen LogP contribution in [-0.4, -0.2) is 12.1 Å². The summed E-state index contributed by atoms with van der Waals surface area (Å²) in [6.07, 6.45) is 2.09. The first kappa shape index (κ1) is 13.4. The molecule has 0 aromatic heterocycles. The Bertz CT molecular complexity index is 724. The molecule has 2 unspecified atom stereocenters. The van der Waals surface area contributed by atoms with Crippen LogP contribution in [0.15, 0.2) is 60.7 Å². The SMILES string of the molecule is O=C1OC2[C@@H]3C[C@H]1CC3[C@@H](c1ccccc1)[C@H]2c1ccccc1. The van der Waals surface area contributed by atoms with Crippen LogP contribution < -0.4 is 0 Å². The normalized spacial score (nSPS) is 37.7. The lowest BCUT2D eigenvalue weighted by atomic mass is 9.77. The van der Waals surface area contributed by atoms with Gasteiger partial charge in [-0.25, -0.2) is 0 Å². The van der Waals surface area contributed by atoms with Gasteiger partial charge in [-0.05, 0) is 35.8 Å². The molecule has 2 nitrogen and oxygen atoms in total. The number of benzene rings is 2. The van der Waals surface area contributed by atoms with Gasteiger partial charge in [-0.1, -0.05) is 60.7 Å². The molecule has 2 bridgehead atoms. The average Bonchev–Trinajstić information content (AvgIpc) is 3.11. The summed E-state index contributed by atoms with van der Waals surface area (Å²) in [5, 5.41) is 0. The second-order valence-electron chi connectivity index (χ2n) is 7.27. The zero-order chi connectivity index (χ0) is 15.4. The van der Waals surface area contributed by atoms with Crippen molar-refractivity contribution in [3.05, 3.63) is 71.8 Å². The first-order valence-electron chi connectivity index (χ1n) is 8.63. The average molecular weight is 304 g/mol. The lowest BCUT2D eigenvalue weighted by Crippen LogP contribution is -2.35. The van der Waals surface area contributed by atoms with E-state index in [9.17, 15) is 4.79 Å². The van der Waals surface area contributed by atoms with Gasteiger partial charge in [0.2, 0.25) is 0 Å². The van der Waals surface area contributed by atoms with Crippen molar-refractivity contribution in [3.63, 3.8) is 0 Å². The highest BCUT2D eigenvalue weighted by atomic mass is 16.5. The fourth-order valence-electron chi connectivity index (χ4n) is 5.42. The number of carbonyl (C=O) groups excluding carboxylic acids is 1. The first-order chi connectivity index (χ1) is 11.3. The molecular weight excluding hydrogens is 284 g/mol. The number of ether oxygens (including phenoxy) is 1. The summed E-state index contributed by atoms with van der Waals surface area (Å²) in [7, 11) is 0. The molecule has 2 heteroatoms. The van der Waals surface area contributed by atoms with Gasteiger partial charge in [-0.2, -0.15) is 0 Å². The zero-order valence-electron chi connectivity index (χ0n) is 13.0. The van der Waals surface area contributed by atoms with Gasteiger partial charge in [0.25, 0.3) is 0 Å². The summed E-state index contributed by atoms with van der Waals surface area (Å²) in [5.74, 6) is 2.05. The molecule has 2 aliphatic carbocycles. The second kappa shape index (κ2) is 4.95. The van der Waals surface area contributed by atoms with Gasteiger partial charge in [0, 0.05) is 11.8 Å². The maximum absolute atomic E-state index is 12.2.